The number of nitrogens with zero attached hydrogens (tertiary/aromatic N) is 2. The standard InChI is InChI=1S/C12H18N2O4S2/c1-13(8(6-15)7-19)12(18)9(20)4-5-14-10(16)2-3-11(14)17/h2-3,6,8-9,16-17,19-20H,4-5,7H2,1H3/t8?,9-/m0/s1/i8T. The Labute approximate surface area is 129 Å². The van der Waals surface area contributed by atoms with Gasteiger partial charge in [-0.25, -0.2) is 0 Å². The lowest BCUT2D eigenvalue weighted by Gasteiger charge is -2.25. The molecule has 0 spiro atoms. The first kappa shape index (κ1) is 15.1. The van der Waals surface area contributed by atoms with Crippen LogP contribution in [-0.2, 0) is 16.1 Å². The second-order valence-corrected chi connectivity index (χ2v) is 5.11. The molecular formula is C12H18N2O4S2. The number of amides is 1. The molecular weight excluding hydrogens is 300 g/mol. The van der Waals surface area contributed by atoms with Gasteiger partial charge in [0.15, 0.2) is 11.8 Å². The number of rotatable bonds is 7. The van der Waals surface area contributed by atoms with Gasteiger partial charge >= 0.3 is 0 Å². The summed E-state index contributed by atoms with van der Waals surface area (Å²) in [4.78, 5) is 24.1. The van der Waals surface area contributed by atoms with Crippen LogP contribution in [0.15, 0.2) is 12.1 Å². The highest BCUT2D eigenvalue weighted by Crippen LogP contribution is 2.22. The van der Waals surface area contributed by atoms with E-state index >= 15 is 0 Å². The fourth-order valence-electron chi connectivity index (χ4n) is 1.64. The Kier molecular flexibility index (Phi) is 5.66. The lowest BCUT2D eigenvalue weighted by molar-refractivity contribution is -0.133. The van der Waals surface area contributed by atoms with E-state index in [4.69, 9.17) is 1.37 Å². The van der Waals surface area contributed by atoms with E-state index < -0.39 is 17.2 Å². The summed E-state index contributed by atoms with van der Waals surface area (Å²) in [5.41, 5.74) is 0. The van der Waals surface area contributed by atoms with Crippen molar-refractivity contribution in [1.82, 2.24) is 9.47 Å². The van der Waals surface area contributed by atoms with Crippen LogP contribution in [0.2, 0.25) is 0 Å². The van der Waals surface area contributed by atoms with E-state index in [1.54, 1.807) is 0 Å². The van der Waals surface area contributed by atoms with Gasteiger partial charge in [-0.15, -0.1) is 0 Å². The number of thiol groups is 2. The van der Waals surface area contributed by atoms with Gasteiger partial charge in [0.05, 0.1) is 12.6 Å². The highest BCUT2D eigenvalue weighted by Gasteiger charge is 2.24. The average Bonchev–Trinajstić information content (AvgIpc) is 2.81. The van der Waals surface area contributed by atoms with Gasteiger partial charge in [0.25, 0.3) is 0 Å². The number of hydrogen-bond acceptors (Lipinski definition) is 6. The summed E-state index contributed by atoms with van der Waals surface area (Å²) in [6.07, 6.45) is 0.561. The second-order valence-electron chi connectivity index (χ2n) is 4.17. The molecule has 0 aliphatic carbocycles. The smallest absolute Gasteiger partial charge is 0.235 e. The zero-order valence-corrected chi connectivity index (χ0v) is 12.7. The fourth-order valence-corrected chi connectivity index (χ4v) is 2.21. The number of aldehydes is 1. The highest BCUT2D eigenvalue weighted by molar-refractivity contribution is 7.81. The molecule has 6 nitrogen and oxygen atoms in total. The molecule has 1 amide bonds. The maximum atomic E-state index is 12.1. The normalized spacial score (nSPS) is 16.1. The highest BCUT2D eigenvalue weighted by atomic mass is 32.1. The van der Waals surface area contributed by atoms with Crippen LogP contribution in [0.1, 0.15) is 7.79 Å². The zero-order valence-electron chi connectivity index (χ0n) is 11.9. The predicted octanol–water partition coefficient (Wildman–Crippen LogP) is 0.543. The monoisotopic (exact) mass is 320 g/mol. The summed E-state index contributed by atoms with van der Waals surface area (Å²) in [6, 6.07) is 0.927. The molecule has 0 saturated heterocycles. The van der Waals surface area contributed by atoms with Crippen molar-refractivity contribution in [3.63, 3.8) is 0 Å². The summed E-state index contributed by atoms with van der Waals surface area (Å²) in [5, 5.41) is 18.2. The van der Waals surface area contributed by atoms with Crippen LogP contribution in [0.5, 0.6) is 11.8 Å². The van der Waals surface area contributed by atoms with Crippen LogP contribution < -0.4 is 0 Å². The van der Waals surface area contributed by atoms with Crippen LogP contribution in [0.3, 0.4) is 0 Å². The molecule has 112 valence electrons. The summed E-state index contributed by atoms with van der Waals surface area (Å²) in [5.74, 6) is -0.863. The molecule has 1 aromatic heterocycles. The molecule has 0 aliphatic heterocycles. The first-order valence-electron chi connectivity index (χ1n) is 6.37. The third-order valence-corrected chi connectivity index (χ3v) is 3.71. The van der Waals surface area contributed by atoms with Gasteiger partial charge in [-0.3, -0.25) is 9.36 Å². The predicted molar refractivity (Wildman–Crippen MR) is 81.6 cm³/mol. The molecule has 0 saturated carbocycles. The van der Waals surface area contributed by atoms with E-state index in [0.717, 1.165) is 4.90 Å². The van der Waals surface area contributed by atoms with Gasteiger partial charge in [0.1, 0.15) is 6.29 Å². The molecule has 0 bridgehead atoms. The number of aromatic nitrogens is 1. The molecule has 20 heavy (non-hydrogen) atoms. The molecule has 0 radical (unpaired) electrons. The van der Waals surface area contributed by atoms with Crippen LogP contribution in [0.25, 0.3) is 0 Å². The maximum Gasteiger partial charge on any atom is 0.235 e. The zero-order chi connectivity index (χ0) is 16.2. The summed E-state index contributed by atoms with van der Waals surface area (Å²) in [6.45, 7) is 0.172. The summed E-state index contributed by atoms with van der Waals surface area (Å²) >= 11 is 8.07. The molecule has 1 unspecified atom stereocenters. The van der Waals surface area contributed by atoms with Gasteiger partial charge in [-0.2, -0.15) is 25.3 Å². The first-order valence-corrected chi connectivity index (χ1v) is 7.02. The summed E-state index contributed by atoms with van der Waals surface area (Å²) < 4.78 is 9.05. The third-order valence-electron chi connectivity index (χ3n) is 2.91. The van der Waals surface area contributed by atoms with Crippen molar-refractivity contribution in [2.24, 2.45) is 0 Å². The number of carbonyl (C=O) groups excluding carboxylic acids is 2. The largest absolute Gasteiger partial charge is 0.494 e. The lowest BCUT2D eigenvalue weighted by Crippen LogP contribution is -2.43. The molecule has 1 rings (SSSR count). The second kappa shape index (κ2) is 7.49. The minimum Gasteiger partial charge on any atom is -0.494 e. The van der Waals surface area contributed by atoms with Crippen LogP contribution in [0, 0.1) is 0 Å². The van der Waals surface area contributed by atoms with Crippen molar-refractivity contribution in [3.8, 4) is 11.8 Å². The van der Waals surface area contributed by atoms with Crippen molar-refractivity contribution in [1.29, 1.82) is 0 Å². The SMILES string of the molecule is [3H]C(C=O)(CS)N(C)C(=O)[C@@H](S)CCn1c(O)ccc1O. The van der Waals surface area contributed by atoms with E-state index in [1.165, 1.54) is 23.7 Å². The van der Waals surface area contributed by atoms with Crippen molar-refractivity contribution in [2.75, 3.05) is 12.8 Å². The van der Waals surface area contributed by atoms with Crippen LogP contribution in [0.4, 0.5) is 0 Å². The van der Waals surface area contributed by atoms with Crippen molar-refractivity contribution in [3.05, 3.63) is 12.1 Å². The quantitative estimate of drug-likeness (QED) is 0.437. The van der Waals surface area contributed by atoms with Crippen LogP contribution >= 0.6 is 25.3 Å². The molecule has 0 aromatic carbocycles. The molecule has 8 heteroatoms. The fraction of sp³-hybridized carbons (Fsp3) is 0.500. The Hall–Kier alpha value is -1.28. The number of hydrogen-bond donors (Lipinski definition) is 4. The van der Waals surface area contributed by atoms with Crippen molar-refractivity contribution >= 4 is 37.5 Å². The van der Waals surface area contributed by atoms with Gasteiger partial charge in [0, 0.05) is 31.5 Å². The summed E-state index contributed by atoms with van der Waals surface area (Å²) in [7, 11) is 1.34. The van der Waals surface area contributed by atoms with E-state index in [-0.39, 0.29) is 30.5 Å². The van der Waals surface area contributed by atoms with E-state index in [0.29, 0.717) is 6.29 Å². The first-order chi connectivity index (χ1) is 9.76. The molecule has 1 aromatic rings. The molecule has 0 fully saturated rings. The molecule has 2 atom stereocenters. The topological polar surface area (TPSA) is 82.8 Å². The Morgan fingerprint density at radius 2 is 2.10 bits per heavy atom. The number of aromatic hydroxyl groups is 2. The Balaban J connectivity index is 2.69. The number of carbonyl (C=O) groups is 2. The van der Waals surface area contributed by atoms with Gasteiger partial charge in [-0.05, 0) is 6.42 Å². The minimum atomic E-state index is -1.74. The molecule has 1 heterocycles. The Morgan fingerprint density at radius 3 is 2.55 bits per heavy atom. The lowest BCUT2D eigenvalue weighted by atomic mass is 10.2. The third kappa shape index (κ3) is 3.86. The van der Waals surface area contributed by atoms with Gasteiger partial charge in [-0.1, -0.05) is 0 Å². The molecule has 2 N–H and O–H groups in total. The Morgan fingerprint density at radius 1 is 1.55 bits per heavy atom. The van der Waals surface area contributed by atoms with Gasteiger partial charge < -0.3 is 19.9 Å². The van der Waals surface area contributed by atoms with E-state index in [9.17, 15) is 19.8 Å². The Bertz CT molecular complexity index is 506. The van der Waals surface area contributed by atoms with Crippen LogP contribution in [-0.4, -0.2) is 55.9 Å². The number of likely N-dealkylation sites (N-methyl/N-ethyl adjacent to an activating group) is 1. The maximum absolute atomic E-state index is 12.1. The van der Waals surface area contributed by atoms with Crippen molar-refractivity contribution in [2.45, 2.75) is 24.2 Å². The molecule has 0 aliphatic rings. The minimum absolute atomic E-state index is 0.119. The average molecular weight is 320 g/mol. The van der Waals surface area contributed by atoms with Gasteiger partial charge in [0.2, 0.25) is 5.91 Å². The van der Waals surface area contributed by atoms with E-state index in [2.05, 4.69) is 25.3 Å². The van der Waals surface area contributed by atoms with E-state index in [1.807, 2.05) is 0 Å². The van der Waals surface area contributed by atoms with Crippen molar-refractivity contribution < 1.29 is 21.2 Å².